The Bertz CT molecular complexity index is 779. The van der Waals surface area contributed by atoms with E-state index in [0.717, 1.165) is 18.5 Å². The highest BCUT2D eigenvalue weighted by Crippen LogP contribution is 2.39. The average Bonchev–Trinajstić information content (AvgIpc) is 3.00. The second-order valence-electron chi connectivity index (χ2n) is 9.25. The fraction of sp³-hybridized carbons (Fsp3) is 0.609. The molecule has 0 aromatic heterocycles. The second-order valence-corrected chi connectivity index (χ2v) is 9.25. The van der Waals surface area contributed by atoms with Crippen molar-refractivity contribution in [1.82, 2.24) is 10.4 Å². The van der Waals surface area contributed by atoms with Gasteiger partial charge in [-0.2, -0.15) is 5.06 Å². The molecule has 1 saturated heterocycles. The van der Waals surface area contributed by atoms with Crippen LogP contribution in [0.1, 0.15) is 64.1 Å². The molecular formula is C23H33N3O3. The molecule has 1 unspecified atom stereocenters. The van der Waals surface area contributed by atoms with Crippen LogP contribution in [0.5, 0.6) is 0 Å². The van der Waals surface area contributed by atoms with Crippen molar-refractivity contribution in [2.75, 3.05) is 19.0 Å². The number of carbonyl (C=O) groups excluding carboxylic acids is 1. The SMILES string of the molecule is C#CCNC1CCc2ccc(NC(=O)OC3CC(C)(C)N(OC)C(C)(C)C3)cc21. The summed E-state index contributed by atoms with van der Waals surface area (Å²) in [7, 11) is 1.69. The molecule has 0 saturated carbocycles. The molecule has 1 atom stereocenters. The van der Waals surface area contributed by atoms with Crippen LogP contribution in [0.2, 0.25) is 0 Å². The molecular weight excluding hydrogens is 366 g/mol. The fourth-order valence-electron chi connectivity index (χ4n) is 5.12. The molecule has 1 fully saturated rings. The number of carbonyl (C=O) groups is 1. The molecule has 6 nitrogen and oxygen atoms in total. The number of fused-ring (bicyclic) bond motifs is 1. The van der Waals surface area contributed by atoms with E-state index in [1.165, 1.54) is 11.1 Å². The zero-order valence-corrected chi connectivity index (χ0v) is 18.2. The first kappa shape index (κ1) is 21.6. The Kier molecular flexibility index (Phi) is 6.23. The Morgan fingerprint density at radius 2 is 1.97 bits per heavy atom. The van der Waals surface area contributed by atoms with Crippen molar-refractivity contribution < 1.29 is 14.4 Å². The van der Waals surface area contributed by atoms with Gasteiger partial charge in [0, 0.05) is 35.6 Å². The van der Waals surface area contributed by atoms with Crippen LogP contribution in [0.3, 0.4) is 0 Å². The molecule has 1 aliphatic heterocycles. The minimum absolute atomic E-state index is 0.175. The van der Waals surface area contributed by atoms with Gasteiger partial charge in [-0.1, -0.05) is 12.0 Å². The summed E-state index contributed by atoms with van der Waals surface area (Å²) in [6.07, 6.45) is 8.23. The number of hydroxylamine groups is 2. The molecule has 1 aromatic carbocycles. The van der Waals surface area contributed by atoms with Crippen molar-refractivity contribution >= 4 is 11.8 Å². The van der Waals surface area contributed by atoms with Crippen molar-refractivity contribution in [1.29, 1.82) is 0 Å². The maximum atomic E-state index is 12.6. The van der Waals surface area contributed by atoms with E-state index in [4.69, 9.17) is 16.0 Å². The van der Waals surface area contributed by atoms with Crippen LogP contribution >= 0.6 is 0 Å². The lowest BCUT2D eigenvalue weighted by Crippen LogP contribution is -2.61. The fourth-order valence-corrected chi connectivity index (χ4v) is 5.12. The average molecular weight is 400 g/mol. The number of piperidine rings is 1. The quantitative estimate of drug-likeness (QED) is 0.732. The highest BCUT2D eigenvalue weighted by atomic mass is 16.7. The van der Waals surface area contributed by atoms with Crippen LogP contribution in [0.4, 0.5) is 10.5 Å². The maximum absolute atomic E-state index is 12.6. The van der Waals surface area contributed by atoms with E-state index in [9.17, 15) is 4.79 Å². The van der Waals surface area contributed by atoms with E-state index in [2.05, 4.69) is 50.3 Å². The minimum Gasteiger partial charge on any atom is -0.446 e. The Morgan fingerprint density at radius 1 is 1.28 bits per heavy atom. The normalized spacial score (nSPS) is 23.2. The Labute approximate surface area is 174 Å². The number of benzene rings is 1. The van der Waals surface area contributed by atoms with Gasteiger partial charge in [0.2, 0.25) is 0 Å². The lowest BCUT2D eigenvalue weighted by molar-refractivity contribution is -0.276. The van der Waals surface area contributed by atoms with E-state index in [1.54, 1.807) is 7.11 Å². The molecule has 29 heavy (non-hydrogen) atoms. The van der Waals surface area contributed by atoms with Gasteiger partial charge in [-0.15, -0.1) is 6.42 Å². The molecule has 0 bridgehead atoms. The molecule has 0 spiro atoms. The summed E-state index contributed by atoms with van der Waals surface area (Å²) in [5, 5.41) is 8.27. The largest absolute Gasteiger partial charge is 0.446 e. The van der Waals surface area contributed by atoms with Gasteiger partial charge in [-0.3, -0.25) is 10.6 Å². The van der Waals surface area contributed by atoms with Gasteiger partial charge in [0.05, 0.1) is 13.7 Å². The number of ether oxygens (including phenoxy) is 1. The number of terminal acetylenes is 1. The standard InChI is InChI=1S/C23H33N3O3/c1-7-12-24-20-11-9-16-8-10-17(13-19(16)20)25-21(27)29-18-14-22(2,3)26(28-6)23(4,5)15-18/h1,8,10,13,18,20,24H,9,11-12,14-15H2,2-6H3,(H,25,27). The zero-order chi connectivity index (χ0) is 21.2. The summed E-state index contributed by atoms with van der Waals surface area (Å²) in [5.74, 6) is 2.62. The third kappa shape index (κ3) is 4.75. The van der Waals surface area contributed by atoms with Gasteiger partial charge < -0.3 is 9.57 Å². The van der Waals surface area contributed by atoms with Gasteiger partial charge >= 0.3 is 6.09 Å². The third-order valence-corrected chi connectivity index (χ3v) is 5.93. The topological polar surface area (TPSA) is 62.8 Å². The Balaban J connectivity index is 1.64. The molecule has 1 aromatic rings. The van der Waals surface area contributed by atoms with Crippen LogP contribution in [0.15, 0.2) is 18.2 Å². The van der Waals surface area contributed by atoms with Gasteiger partial charge in [-0.25, -0.2) is 4.79 Å². The van der Waals surface area contributed by atoms with Crippen molar-refractivity contribution in [3.63, 3.8) is 0 Å². The van der Waals surface area contributed by atoms with E-state index in [1.807, 2.05) is 17.2 Å². The molecule has 1 aliphatic carbocycles. The smallest absolute Gasteiger partial charge is 0.411 e. The van der Waals surface area contributed by atoms with E-state index in [0.29, 0.717) is 19.4 Å². The van der Waals surface area contributed by atoms with Crippen LogP contribution in [-0.4, -0.2) is 42.0 Å². The number of rotatable bonds is 5. The monoisotopic (exact) mass is 399 g/mol. The van der Waals surface area contributed by atoms with Crippen molar-refractivity contribution in [2.45, 2.75) is 76.6 Å². The molecule has 2 aliphatic rings. The number of hydrogen-bond acceptors (Lipinski definition) is 5. The molecule has 0 radical (unpaired) electrons. The predicted molar refractivity (Wildman–Crippen MR) is 114 cm³/mol. The predicted octanol–water partition coefficient (Wildman–Crippen LogP) is 4.03. The summed E-state index contributed by atoms with van der Waals surface area (Å²) in [6, 6.07) is 6.27. The summed E-state index contributed by atoms with van der Waals surface area (Å²) in [6.45, 7) is 8.96. The first-order valence-corrected chi connectivity index (χ1v) is 10.3. The highest BCUT2D eigenvalue weighted by molar-refractivity contribution is 5.85. The molecule has 1 heterocycles. The van der Waals surface area contributed by atoms with Gasteiger partial charge in [0.15, 0.2) is 0 Å². The van der Waals surface area contributed by atoms with Crippen LogP contribution in [0.25, 0.3) is 0 Å². The Hall–Kier alpha value is -2.07. The summed E-state index contributed by atoms with van der Waals surface area (Å²) in [4.78, 5) is 18.2. The zero-order valence-electron chi connectivity index (χ0n) is 18.2. The Morgan fingerprint density at radius 3 is 2.59 bits per heavy atom. The minimum atomic E-state index is -0.418. The van der Waals surface area contributed by atoms with Gasteiger partial charge in [-0.05, 0) is 63.8 Å². The lowest BCUT2D eigenvalue weighted by atomic mass is 9.80. The lowest BCUT2D eigenvalue weighted by Gasteiger charge is -2.52. The molecule has 6 heteroatoms. The van der Waals surface area contributed by atoms with Crippen LogP contribution < -0.4 is 10.6 Å². The molecule has 1 amide bonds. The van der Waals surface area contributed by atoms with Crippen molar-refractivity contribution in [2.24, 2.45) is 0 Å². The van der Waals surface area contributed by atoms with Gasteiger partial charge in [0.1, 0.15) is 6.10 Å². The first-order valence-electron chi connectivity index (χ1n) is 10.3. The van der Waals surface area contributed by atoms with E-state index in [-0.39, 0.29) is 23.2 Å². The van der Waals surface area contributed by atoms with E-state index < -0.39 is 6.09 Å². The number of nitrogens with one attached hydrogen (secondary N) is 2. The number of hydrogen-bond donors (Lipinski definition) is 2. The summed E-state index contributed by atoms with van der Waals surface area (Å²) < 4.78 is 5.80. The maximum Gasteiger partial charge on any atom is 0.411 e. The number of anilines is 1. The van der Waals surface area contributed by atoms with Crippen LogP contribution in [-0.2, 0) is 16.0 Å². The number of amides is 1. The second kappa shape index (κ2) is 8.35. The number of nitrogens with zero attached hydrogens (tertiary/aromatic N) is 1. The van der Waals surface area contributed by atoms with Crippen molar-refractivity contribution in [3.8, 4) is 12.3 Å². The first-order chi connectivity index (χ1) is 13.7. The third-order valence-electron chi connectivity index (χ3n) is 5.93. The molecule has 2 N–H and O–H groups in total. The number of aryl methyl sites for hydroxylation is 1. The molecule has 158 valence electrons. The summed E-state index contributed by atoms with van der Waals surface area (Å²) in [5.41, 5.74) is 2.79. The highest BCUT2D eigenvalue weighted by Gasteiger charge is 2.47. The van der Waals surface area contributed by atoms with Crippen LogP contribution in [0, 0.1) is 12.3 Å². The summed E-state index contributed by atoms with van der Waals surface area (Å²) >= 11 is 0. The molecule has 3 rings (SSSR count). The van der Waals surface area contributed by atoms with Gasteiger partial charge in [0.25, 0.3) is 0 Å². The van der Waals surface area contributed by atoms with Crippen molar-refractivity contribution in [3.05, 3.63) is 29.3 Å². The van der Waals surface area contributed by atoms with E-state index >= 15 is 0 Å².